The van der Waals surface area contributed by atoms with Gasteiger partial charge in [0.2, 0.25) is 0 Å². The Hall–Kier alpha value is -1.28. The summed E-state index contributed by atoms with van der Waals surface area (Å²) in [6.07, 6.45) is 4.41. The molecule has 0 saturated carbocycles. The molecule has 5 nitrogen and oxygen atoms in total. The number of nitrogens with one attached hydrogen (secondary N) is 2. The monoisotopic (exact) mass is 487 g/mol. The summed E-state index contributed by atoms with van der Waals surface area (Å²) in [7, 11) is 0. The number of nitrogens with zero attached hydrogens (tertiary/aromatic N) is 1. The lowest BCUT2D eigenvalue weighted by Gasteiger charge is -2.16. The third-order valence-electron chi connectivity index (χ3n) is 4.13. The average Bonchev–Trinajstić information content (AvgIpc) is 2.61. The molecular formula is C21H34IN3O2. The number of halogens is 1. The molecule has 0 amide bonds. The fraction of sp³-hybridized carbons (Fsp3) is 0.571. The summed E-state index contributed by atoms with van der Waals surface area (Å²) in [6, 6.07) is 6.30. The zero-order valence-electron chi connectivity index (χ0n) is 17.0. The number of rotatable bonds is 8. The average molecular weight is 487 g/mol. The lowest BCUT2D eigenvalue weighted by molar-refractivity contribution is 0.153. The Morgan fingerprint density at radius 1 is 1.30 bits per heavy atom. The Bertz CT molecular complexity index is 630. The van der Waals surface area contributed by atoms with Crippen LogP contribution in [0.25, 0.3) is 0 Å². The molecule has 0 atom stereocenters. The molecule has 6 heteroatoms. The third-order valence-corrected chi connectivity index (χ3v) is 4.13. The quantitative estimate of drug-likeness (QED) is 0.250. The van der Waals surface area contributed by atoms with E-state index in [1.54, 1.807) is 0 Å². The molecule has 1 aromatic rings. The van der Waals surface area contributed by atoms with Crippen molar-refractivity contribution in [1.82, 2.24) is 10.6 Å². The van der Waals surface area contributed by atoms with E-state index in [2.05, 4.69) is 48.8 Å². The summed E-state index contributed by atoms with van der Waals surface area (Å²) < 4.78 is 11.3. The molecule has 0 aromatic heterocycles. The molecule has 1 aromatic carbocycles. The van der Waals surface area contributed by atoms with Crippen LogP contribution in [0, 0.1) is 6.92 Å². The zero-order valence-corrected chi connectivity index (χ0v) is 19.3. The van der Waals surface area contributed by atoms with E-state index in [0.717, 1.165) is 56.4 Å². The summed E-state index contributed by atoms with van der Waals surface area (Å²) in [5.74, 6) is 1.77. The van der Waals surface area contributed by atoms with E-state index < -0.39 is 0 Å². The van der Waals surface area contributed by atoms with Crippen molar-refractivity contribution in [2.24, 2.45) is 4.99 Å². The minimum atomic E-state index is 0. The Labute approximate surface area is 181 Å². The van der Waals surface area contributed by atoms with Gasteiger partial charge in [-0.15, -0.1) is 24.0 Å². The van der Waals surface area contributed by atoms with Crippen LogP contribution in [0.3, 0.4) is 0 Å². The first-order valence-electron chi connectivity index (χ1n) is 9.62. The number of guanidine groups is 1. The highest BCUT2D eigenvalue weighted by molar-refractivity contribution is 14.0. The third kappa shape index (κ3) is 8.97. The largest absolute Gasteiger partial charge is 0.491 e. The summed E-state index contributed by atoms with van der Waals surface area (Å²) in [4.78, 5) is 4.73. The summed E-state index contributed by atoms with van der Waals surface area (Å²) >= 11 is 0. The van der Waals surface area contributed by atoms with Crippen molar-refractivity contribution in [3.05, 3.63) is 41.0 Å². The molecule has 27 heavy (non-hydrogen) atoms. The van der Waals surface area contributed by atoms with Crippen molar-refractivity contribution >= 4 is 29.9 Å². The topological polar surface area (TPSA) is 54.9 Å². The van der Waals surface area contributed by atoms with Crippen molar-refractivity contribution < 1.29 is 9.47 Å². The number of benzene rings is 1. The second-order valence-electron chi connectivity index (χ2n) is 6.84. The second-order valence-corrected chi connectivity index (χ2v) is 6.84. The van der Waals surface area contributed by atoms with Gasteiger partial charge in [0.25, 0.3) is 0 Å². The van der Waals surface area contributed by atoms with E-state index in [4.69, 9.17) is 14.5 Å². The van der Waals surface area contributed by atoms with Crippen molar-refractivity contribution in [2.75, 3.05) is 26.3 Å². The fourth-order valence-electron chi connectivity index (χ4n) is 2.80. The van der Waals surface area contributed by atoms with E-state index in [9.17, 15) is 0 Å². The molecule has 1 aliphatic rings. The van der Waals surface area contributed by atoms with Gasteiger partial charge in [-0.2, -0.15) is 0 Å². The van der Waals surface area contributed by atoms with E-state index in [0.29, 0.717) is 6.54 Å². The maximum absolute atomic E-state index is 5.95. The SMILES string of the molecule is CCNC(=NCc1ccc(C)cc1OC(C)C)NCCC1=CCOCC1.I. The number of ether oxygens (including phenoxy) is 2. The van der Waals surface area contributed by atoms with Gasteiger partial charge in [-0.05, 0) is 52.2 Å². The van der Waals surface area contributed by atoms with Gasteiger partial charge in [-0.25, -0.2) is 4.99 Å². The fourth-order valence-corrected chi connectivity index (χ4v) is 2.80. The molecule has 152 valence electrons. The van der Waals surface area contributed by atoms with Crippen molar-refractivity contribution in [3.63, 3.8) is 0 Å². The van der Waals surface area contributed by atoms with Crippen LogP contribution in [0.15, 0.2) is 34.8 Å². The van der Waals surface area contributed by atoms with Gasteiger partial charge >= 0.3 is 0 Å². The van der Waals surface area contributed by atoms with Crippen LogP contribution < -0.4 is 15.4 Å². The maximum Gasteiger partial charge on any atom is 0.191 e. The molecule has 2 N–H and O–H groups in total. The first kappa shape index (κ1) is 23.8. The van der Waals surface area contributed by atoms with E-state index in [-0.39, 0.29) is 30.1 Å². The Balaban J connectivity index is 0.00000364. The molecule has 1 aliphatic heterocycles. The van der Waals surface area contributed by atoms with Crippen molar-refractivity contribution in [1.29, 1.82) is 0 Å². The van der Waals surface area contributed by atoms with E-state index in [1.807, 2.05) is 13.8 Å². The van der Waals surface area contributed by atoms with Crippen LogP contribution >= 0.6 is 24.0 Å². The van der Waals surface area contributed by atoms with Crippen LogP contribution in [0.4, 0.5) is 0 Å². The number of aliphatic imine (C=N–C) groups is 1. The van der Waals surface area contributed by atoms with Crippen LogP contribution in [0.1, 0.15) is 44.7 Å². The second kappa shape index (κ2) is 13.0. The standard InChI is InChI=1S/C21H33N3O2.HI/c1-5-22-21(23-11-8-18-9-12-25-13-10-18)24-15-19-7-6-17(4)14-20(19)26-16(2)3;/h6-7,9,14,16H,5,8,10-13,15H2,1-4H3,(H2,22,23,24);1H. The Morgan fingerprint density at radius 3 is 2.78 bits per heavy atom. The molecule has 0 bridgehead atoms. The molecule has 1 heterocycles. The molecule has 0 saturated heterocycles. The lowest BCUT2D eigenvalue weighted by atomic mass is 10.1. The Morgan fingerprint density at radius 2 is 2.11 bits per heavy atom. The van der Waals surface area contributed by atoms with Gasteiger partial charge in [0, 0.05) is 18.7 Å². The van der Waals surface area contributed by atoms with Crippen LogP contribution in [-0.2, 0) is 11.3 Å². The normalized spacial score (nSPS) is 14.4. The van der Waals surface area contributed by atoms with Gasteiger partial charge < -0.3 is 20.1 Å². The molecule has 0 fully saturated rings. The van der Waals surface area contributed by atoms with Gasteiger partial charge in [-0.3, -0.25) is 0 Å². The van der Waals surface area contributed by atoms with Crippen molar-refractivity contribution in [3.8, 4) is 5.75 Å². The predicted molar refractivity (Wildman–Crippen MR) is 123 cm³/mol. The highest BCUT2D eigenvalue weighted by atomic mass is 127. The van der Waals surface area contributed by atoms with Crippen LogP contribution in [-0.4, -0.2) is 38.4 Å². The zero-order chi connectivity index (χ0) is 18.8. The van der Waals surface area contributed by atoms with Crippen LogP contribution in [0.2, 0.25) is 0 Å². The summed E-state index contributed by atoms with van der Waals surface area (Å²) in [6.45, 7) is 12.1. The van der Waals surface area contributed by atoms with E-state index in [1.165, 1.54) is 11.1 Å². The Kier molecular flexibility index (Phi) is 11.4. The van der Waals surface area contributed by atoms with Crippen molar-refractivity contribution in [2.45, 2.75) is 53.2 Å². The molecular weight excluding hydrogens is 453 g/mol. The first-order valence-corrected chi connectivity index (χ1v) is 9.62. The smallest absolute Gasteiger partial charge is 0.191 e. The number of aryl methyl sites for hydroxylation is 1. The minimum Gasteiger partial charge on any atom is -0.491 e. The van der Waals surface area contributed by atoms with E-state index >= 15 is 0 Å². The molecule has 0 radical (unpaired) electrons. The van der Waals surface area contributed by atoms with Gasteiger partial charge in [0.05, 0.1) is 25.9 Å². The highest BCUT2D eigenvalue weighted by Gasteiger charge is 2.07. The summed E-state index contributed by atoms with van der Waals surface area (Å²) in [5.41, 5.74) is 3.77. The molecule has 0 aliphatic carbocycles. The van der Waals surface area contributed by atoms with Gasteiger partial charge in [-0.1, -0.05) is 23.8 Å². The van der Waals surface area contributed by atoms with Gasteiger partial charge in [0.1, 0.15) is 5.75 Å². The number of hydrogen-bond acceptors (Lipinski definition) is 3. The molecule has 0 unspecified atom stereocenters. The molecule has 2 rings (SSSR count). The predicted octanol–water partition coefficient (Wildman–Crippen LogP) is 4.19. The minimum absolute atomic E-state index is 0. The van der Waals surface area contributed by atoms with Gasteiger partial charge in [0.15, 0.2) is 5.96 Å². The first-order chi connectivity index (χ1) is 12.6. The number of hydrogen-bond donors (Lipinski definition) is 2. The molecule has 0 spiro atoms. The highest BCUT2D eigenvalue weighted by Crippen LogP contribution is 2.22. The lowest BCUT2D eigenvalue weighted by Crippen LogP contribution is -2.38. The summed E-state index contributed by atoms with van der Waals surface area (Å²) in [5, 5.41) is 6.74. The van der Waals surface area contributed by atoms with Crippen LogP contribution in [0.5, 0.6) is 5.75 Å². The maximum atomic E-state index is 5.95.